The van der Waals surface area contributed by atoms with Crippen LogP contribution in [0.25, 0.3) is 11.1 Å². The van der Waals surface area contributed by atoms with Gasteiger partial charge in [0, 0.05) is 10.6 Å². The predicted octanol–water partition coefficient (Wildman–Crippen LogP) is 4.59. The Balaban J connectivity index is 2.09. The summed E-state index contributed by atoms with van der Waals surface area (Å²) in [5, 5.41) is 10.6. The van der Waals surface area contributed by atoms with Crippen molar-refractivity contribution in [2.75, 3.05) is 0 Å². The molecule has 0 aliphatic heterocycles. The molecule has 1 aliphatic carbocycles. The molecule has 92 valence electrons. The first-order chi connectivity index (χ1) is 8.74. The minimum Gasteiger partial charge on any atom is -0.507 e. The number of halogens is 1. The van der Waals surface area contributed by atoms with Crippen LogP contribution >= 0.6 is 11.6 Å². The van der Waals surface area contributed by atoms with Crippen molar-refractivity contribution in [3.05, 3.63) is 52.5 Å². The van der Waals surface area contributed by atoms with Gasteiger partial charge in [0.15, 0.2) is 0 Å². The zero-order valence-corrected chi connectivity index (χ0v) is 10.9. The Hall–Kier alpha value is -1.47. The van der Waals surface area contributed by atoms with Crippen LogP contribution < -0.4 is 0 Å². The van der Waals surface area contributed by atoms with E-state index in [2.05, 4.69) is 18.2 Å². The first-order valence-corrected chi connectivity index (χ1v) is 6.72. The van der Waals surface area contributed by atoms with Crippen molar-refractivity contribution in [3.8, 4) is 16.9 Å². The summed E-state index contributed by atoms with van der Waals surface area (Å²) < 4.78 is 0. The van der Waals surface area contributed by atoms with Gasteiger partial charge >= 0.3 is 0 Å². The molecular formula is C16H15ClO. The van der Waals surface area contributed by atoms with Crippen LogP contribution in [0.3, 0.4) is 0 Å². The number of aromatic hydroxyl groups is 1. The van der Waals surface area contributed by atoms with Crippen LogP contribution in [-0.2, 0) is 12.8 Å². The summed E-state index contributed by atoms with van der Waals surface area (Å²) in [7, 11) is 0. The summed E-state index contributed by atoms with van der Waals surface area (Å²) in [4.78, 5) is 0. The van der Waals surface area contributed by atoms with E-state index in [1.807, 2.05) is 6.07 Å². The van der Waals surface area contributed by atoms with E-state index in [4.69, 9.17) is 11.6 Å². The van der Waals surface area contributed by atoms with Gasteiger partial charge in [0.1, 0.15) is 5.75 Å². The molecule has 0 unspecified atom stereocenters. The van der Waals surface area contributed by atoms with E-state index in [0.29, 0.717) is 5.02 Å². The van der Waals surface area contributed by atoms with Crippen molar-refractivity contribution in [2.24, 2.45) is 0 Å². The third-order valence-electron chi connectivity index (χ3n) is 3.62. The van der Waals surface area contributed by atoms with Crippen molar-refractivity contribution in [1.29, 1.82) is 0 Å². The van der Waals surface area contributed by atoms with Crippen molar-refractivity contribution < 1.29 is 5.11 Å². The van der Waals surface area contributed by atoms with Crippen LogP contribution in [0.1, 0.15) is 24.0 Å². The number of aryl methyl sites for hydroxylation is 2. The average Bonchev–Trinajstić information content (AvgIpc) is 2.41. The molecule has 0 atom stereocenters. The number of rotatable bonds is 1. The van der Waals surface area contributed by atoms with Gasteiger partial charge in [-0.2, -0.15) is 0 Å². The average molecular weight is 259 g/mol. The second-order valence-electron chi connectivity index (χ2n) is 4.85. The summed E-state index contributed by atoms with van der Waals surface area (Å²) in [6.45, 7) is 0. The number of phenolic OH excluding ortho intramolecular Hbond substituents is 1. The fourth-order valence-electron chi connectivity index (χ4n) is 2.64. The highest BCUT2D eigenvalue weighted by Gasteiger charge is 2.12. The third-order valence-corrected chi connectivity index (χ3v) is 3.85. The second kappa shape index (κ2) is 4.66. The lowest BCUT2D eigenvalue weighted by Gasteiger charge is -2.17. The highest BCUT2D eigenvalue weighted by Crippen LogP contribution is 2.34. The van der Waals surface area contributed by atoms with Gasteiger partial charge in [-0.25, -0.2) is 0 Å². The summed E-state index contributed by atoms with van der Waals surface area (Å²) in [5.74, 6) is 0.287. The fraction of sp³-hybridized carbons (Fsp3) is 0.250. The van der Waals surface area contributed by atoms with Crippen LogP contribution in [0.4, 0.5) is 0 Å². The topological polar surface area (TPSA) is 20.2 Å². The zero-order valence-electron chi connectivity index (χ0n) is 10.1. The highest BCUT2D eigenvalue weighted by molar-refractivity contribution is 6.31. The molecule has 0 heterocycles. The van der Waals surface area contributed by atoms with Crippen molar-refractivity contribution in [3.63, 3.8) is 0 Å². The third kappa shape index (κ3) is 2.11. The molecular weight excluding hydrogens is 244 g/mol. The van der Waals surface area contributed by atoms with Crippen LogP contribution in [-0.4, -0.2) is 5.11 Å². The molecule has 18 heavy (non-hydrogen) atoms. The molecule has 0 bridgehead atoms. The van der Waals surface area contributed by atoms with Crippen LogP contribution in [0, 0.1) is 0 Å². The molecule has 2 heteroatoms. The largest absolute Gasteiger partial charge is 0.507 e. The highest BCUT2D eigenvalue weighted by atomic mass is 35.5. The standard InChI is InChI=1S/C16H15ClO/c17-14-7-8-16(18)15(10-14)13-6-5-11-3-1-2-4-12(11)9-13/h5-10,18H,1-4H2. The maximum absolute atomic E-state index is 9.93. The Morgan fingerprint density at radius 1 is 0.889 bits per heavy atom. The van der Waals surface area contributed by atoms with Gasteiger partial charge in [-0.3, -0.25) is 0 Å². The van der Waals surface area contributed by atoms with E-state index in [-0.39, 0.29) is 5.75 Å². The lowest BCUT2D eigenvalue weighted by Crippen LogP contribution is -2.02. The maximum Gasteiger partial charge on any atom is 0.123 e. The normalized spacial score (nSPS) is 14.3. The molecule has 3 rings (SSSR count). The van der Waals surface area contributed by atoms with E-state index < -0.39 is 0 Å². The Bertz CT molecular complexity index is 590. The van der Waals surface area contributed by atoms with Crippen molar-refractivity contribution >= 4 is 11.6 Å². The molecule has 0 aromatic heterocycles. The predicted molar refractivity (Wildman–Crippen MR) is 75.2 cm³/mol. The van der Waals surface area contributed by atoms with Crippen LogP contribution in [0.15, 0.2) is 36.4 Å². The van der Waals surface area contributed by atoms with E-state index in [9.17, 15) is 5.11 Å². The summed E-state index contributed by atoms with van der Waals surface area (Å²) in [6.07, 6.45) is 4.87. The van der Waals surface area contributed by atoms with Gasteiger partial charge < -0.3 is 5.11 Å². The van der Waals surface area contributed by atoms with Gasteiger partial charge in [0.05, 0.1) is 0 Å². The van der Waals surface area contributed by atoms with Crippen LogP contribution in [0.5, 0.6) is 5.75 Å². The molecule has 0 fully saturated rings. The minimum absolute atomic E-state index is 0.287. The number of fused-ring (bicyclic) bond motifs is 1. The van der Waals surface area contributed by atoms with Gasteiger partial charge in [0.25, 0.3) is 0 Å². The SMILES string of the molecule is Oc1ccc(Cl)cc1-c1ccc2c(c1)CCCC2. The first-order valence-electron chi connectivity index (χ1n) is 6.35. The van der Waals surface area contributed by atoms with Crippen molar-refractivity contribution in [2.45, 2.75) is 25.7 Å². The Morgan fingerprint density at radius 2 is 1.67 bits per heavy atom. The molecule has 0 saturated heterocycles. The van der Waals surface area contributed by atoms with Crippen LogP contribution in [0.2, 0.25) is 5.02 Å². The van der Waals surface area contributed by atoms with Gasteiger partial charge in [-0.1, -0.05) is 29.8 Å². The molecule has 1 nitrogen and oxygen atoms in total. The molecule has 2 aromatic rings. The lowest BCUT2D eigenvalue weighted by molar-refractivity contribution is 0.477. The monoisotopic (exact) mass is 258 g/mol. The van der Waals surface area contributed by atoms with E-state index in [1.54, 1.807) is 12.1 Å². The molecule has 0 spiro atoms. The number of phenols is 1. The summed E-state index contributed by atoms with van der Waals surface area (Å²) in [6, 6.07) is 11.6. The van der Waals surface area contributed by atoms with Gasteiger partial charge in [-0.15, -0.1) is 0 Å². The van der Waals surface area contributed by atoms with Gasteiger partial charge in [0.2, 0.25) is 0 Å². The molecule has 1 aliphatic rings. The molecule has 0 amide bonds. The molecule has 0 radical (unpaired) electrons. The fourth-order valence-corrected chi connectivity index (χ4v) is 2.81. The molecule has 1 N–H and O–H groups in total. The van der Waals surface area contributed by atoms with E-state index in [1.165, 1.54) is 30.4 Å². The molecule has 0 saturated carbocycles. The van der Waals surface area contributed by atoms with E-state index in [0.717, 1.165) is 17.5 Å². The Kier molecular flexibility index (Phi) is 3.00. The first kappa shape index (κ1) is 11.6. The second-order valence-corrected chi connectivity index (χ2v) is 5.29. The smallest absolute Gasteiger partial charge is 0.123 e. The van der Waals surface area contributed by atoms with Gasteiger partial charge in [-0.05, 0) is 60.6 Å². The quantitative estimate of drug-likeness (QED) is 0.793. The lowest BCUT2D eigenvalue weighted by atomic mass is 9.89. The molecule has 2 aromatic carbocycles. The zero-order chi connectivity index (χ0) is 12.5. The maximum atomic E-state index is 9.93. The summed E-state index contributed by atoms with van der Waals surface area (Å²) >= 11 is 6.00. The number of benzene rings is 2. The Morgan fingerprint density at radius 3 is 2.50 bits per heavy atom. The summed E-state index contributed by atoms with van der Waals surface area (Å²) in [5.41, 5.74) is 4.73. The minimum atomic E-state index is 0.287. The Labute approximate surface area is 112 Å². The number of hydrogen-bond acceptors (Lipinski definition) is 1. The van der Waals surface area contributed by atoms with E-state index >= 15 is 0 Å². The van der Waals surface area contributed by atoms with Crippen molar-refractivity contribution in [1.82, 2.24) is 0 Å². The number of hydrogen-bond donors (Lipinski definition) is 1.